The molecule has 3 aliphatic heterocycles. The summed E-state index contributed by atoms with van der Waals surface area (Å²) < 4.78 is 11.6. The molecule has 2 bridgehead atoms. The third-order valence-electron chi connectivity index (χ3n) is 5.00. The molecule has 2 fully saturated rings. The summed E-state index contributed by atoms with van der Waals surface area (Å²) >= 11 is 1.15. The first-order valence-corrected chi connectivity index (χ1v) is 10.2. The predicted octanol–water partition coefficient (Wildman–Crippen LogP) is 2.89. The topological polar surface area (TPSA) is 84.9 Å². The van der Waals surface area contributed by atoms with Crippen molar-refractivity contribution in [3.63, 3.8) is 0 Å². The van der Waals surface area contributed by atoms with Crippen LogP contribution in [0.3, 0.4) is 0 Å². The fraction of sp³-hybridized carbons (Fsp3) is 0.778. The molecule has 0 aromatic carbocycles. The van der Waals surface area contributed by atoms with Crippen LogP contribution in [-0.2, 0) is 14.3 Å². The van der Waals surface area contributed by atoms with Crippen molar-refractivity contribution in [2.24, 2.45) is 0 Å². The molecule has 0 aromatic rings. The molecule has 1 amide bonds. The highest BCUT2D eigenvalue weighted by Crippen LogP contribution is 2.36. The molecule has 25 heavy (non-hydrogen) atoms. The molecular formula is C18H27NO5S. The number of allylic oxidation sites excluding steroid dienone is 2. The Kier molecular flexibility index (Phi) is 6.41. The number of thioether (sulfide) groups is 1. The number of carbonyl (C=O) groups is 2. The van der Waals surface area contributed by atoms with E-state index in [1.54, 1.807) is 0 Å². The second kappa shape index (κ2) is 8.56. The molecule has 3 rings (SSSR count). The molecule has 0 radical (unpaired) electrons. The van der Waals surface area contributed by atoms with Gasteiger partial charge in [-0.1, -0.05) is 23.9 Å². The van der Waals surface area contributed by atoms with Crippen LogP contribution in [0.4, 0.5) is 4.79 Å². The van der Waals surface area contributed by atoms with Gasteiger partial charge in [0.2, 0.25) is 0 Å². The monoisotopic (exact) mass is 369 g/mol. The molecule has 6 nitrogen and oxygen atoms in total. The summed E-state index contributed by atoms with van der Waals surface area (Å²) in [6, 6.07) is -0.465. The van der Waals surface area contributed by atoms with E-state index in [-0.39, 0.29) is 29.8 Å². The standard InChI is InChI=1S/C18H27NO5S/c20-16-9-7-5-3-1-2-4-6-8-13-10-14(23-16)11-18(22,24-13)15-12-25-17(21)19-15/h1-2,13-15,22H,3-12H2,(H,19,21)/t13?,14?,15-,18+/m0/s1. The van der Waals surface area contributed by atoms with Crippen molar-refractivity contribution in [3.8, 4) is 0 Å². The molecule has 0 aliphatic carbocycles. The lowest BCUT2D eigenvalue weighted by Crippen LogP contribution is -2.58. The van der Waals surface area contributed by atoms with Crippen LogP contribution in [0.25, 0.3) is 0 Å². The van der Waals surface area contributed by atoms with Gasteiger partial charge in [0.25, 0.3) is 5.24 Å². The second-order valence-electron chi connectivity index (χ2n) is 7.08. The van der Waals surface area contributed by atoms with Crippen molar-refractivity contribution in [2.75, 3.05) is 5.75 Å². The summed E-state index contributed by atoms with van der Waals surface area (Å²) in [7, 11) is 0. The summed E-state index contributed by atoms with van der Waals surface area (Å²) in [5, 5.41) is 13.6. The van der Waals surface area contributed by atoms with Gasteiger partial charge in [-0.25, -0.2) is 0 Å². The molecular weight excluding hydrogens is 342 g/mol. The van der Waals surface area contributed by atoms with E-state index in [4.69, 9.17) is 9.47 Å². The minimum Gasteiger partial charge on any atom is -0.462 e. The zero-order chi connectivity index (χ0) is 17.7. The Morgan fingerprint density at radius 1 is 1.16 bits per heavy atom. The molecule has 2 saturated heterocycles. The number of esters is 1. The van der Waals surface area contributed by atoms with Crippen LogP contribution >= 0.6 is 11.8 Å². The van der Waals surface area contributed by atoms with Crippen molar-refractivity contribution in [2.45, 2.75) is 81.8 Å². The fourth-order valence-electron chi connectivity index (χ4n) is 3.68. The zero-order valence-electron chi connectivity index (χ0n) is 14.4. The Morgan fingerprint density at radius 3 is 2.72 bits per heavy atom. The Labute approximate surface area is 152 Å². The van der Waals surface area contributed by atoms with Crippen LogP contribution in [0.5, 0.6) is 0 Å². The van der Waals surface area contributed by atoms with E-state index < -0.39 is 11.8 Å². The van der Waals surface area contributed by atoms with Crippen LogP contribution in [0, 0.1) is 0 Å². The molecule has 7 heteroatoms. The van der Waals surface area contributed by atoms with Crippen LogP contribution in [0.1, 0.15) is 57.8 Å². The van der Waals surface area contributed by atoms with E-state index in [2.05, 4.69) is 17.5 Å². The quantitative estimate of drug-likeness (QED) is 0.546. The van der Waals surface area contributed by atoms with E-state index in [1.807, 2.05) is 0 Å². The number of fused-ring (bicyclic) bond motifs is 2. The van der Waals surface area contributed by atoms with Gasteiger partial charge < -0.3 is 19.9 Å². The number of amides is 1. The molecule has 3 heterocycles. The first kappa shape index (κ1) is 18.7. The Hall–Kier alpha value is -1.05. The van der Waals surface area contributed by atoms with Crippen molar-refractivity contribution >= 4 is 23.0 Å². The summed E-state index contributed by atoms with van der Waals surface area (Å²) in [5.74, 6) is -1.22. The molecule has 140 valence electrons. The van der Waals surface area contributed by atoms with E-state index in [0.717, 1.165) is 50.3 Å². The minimum atomic E-state index is -1.47. The molecule has 3 aliphatic rings. The summed E-state index contributed by atoms with van der Waals surface area (Å²) in [6.07, 6.45) is 10.6. The first-order chi connectivity index (χ1) is 12.0. The van der Waals surface area contributed by atoms with E-state index in [9.17, 15) is 14.7 Å². The maximum atomic E-state index is 12.1. The molecule has 2 unspecified atom stereocenters. The molecule has 2 N–H and O–H groups in total. The average Bonchev–Trinajstić information content (AvgIpc) is 2.99. The van der Waals surface area contributed by atoms with Gasteiger partial charge in [0.1, 0.15) is 6.10 Å². The number of ether oxygens (including phenoxy) is 2. The number of rotatable bonds is 1. The highest BCUT2D eigenvalue weighted by Gasteiger charge is 2.49. The number of hydrogen-bond donors (Lipinski definition) is 2. The van der Waals surface area contributed by atoms with Crippen LogP contribution in [0.15, 0.2) is 12.2 Å². The molecule has 0 spiro atoms. The molecule has 0 aromatic heterocycles. The number of aliphatic hydroxyl groups is 1. The van der Waals surface area contributed by atoms with E-state index in [0.29, 0.717) is 18.6 Å². The lowest BCUT2D eigenvalue weighted by atomic mass is 9.91. The maximum Gasteiger partial charge on any atom is 0.306 e. The third-order valence-corrected chi connectivity index (χ3v) is 5.88. The summed E-state index contributed by atoms with van der Waals surface area (Å²) in [5.41, 5.74) is 0. The largest absolute Gasteiger partial charge is 0.462 e. The highest BCUT2D eigenvalue weighted by atomic mass is 32.2. The molecule has 4 atom stereocenters. The van der Waals surface area contributed by atoms with Gasteiger partial charge in [0.15, 0.2) is 5.79 Å². The van der Waals surface area contributed by atoms with Gasteiger partial charge >= 0.3 is 5.97 Å². The fourth-order valence-corrected chi connectivity index (χ4v) is 4.57. The number of carbonyl (C=O) groups excluding carboxylic acids is 2. The van der Waals surface area contributed by atoms with E-state index >= 15 is 0 Å². The Bertz CT molecular complexity index is 526. The molecule has 0 saturated carbocycles. The third kappa shape index (κ3) is 5.21. The number of nitrogens with one attached hydrogen (secondary N) is 1. The minimum absolute atomic E-state index is 0.148. The Balaban J connectivity index is 1.70. The van der Waals surface area contributed by atoms with Crippen LogP contribution < -0.4 is 5.32 Å². The zero-order valence-corrected chi connectivity index (χ0v) is 15.3. The van der Waals surface area contributed by atoms with Gasteiger partial charge in [-0.15, -0.1) is 0 Å². The van der Waals surface area contributed by atoms with Crippen molar-refractivity contribution < 1.29 is 24.2 Å². The van der Waals surface area contributed by atoms with Gasteiger partial charge in [-0.3, -0.25) is 9.59 Å². The summed E-state index contributed by atoms with van der Waals surface area (Å²) in [4.78, 5) is 23.6. The lowest BCUT2D eigenvalue weighted by Gasteiger charge is -2.43. The van der Waals surface area contributed by atoms with E-state index in [1.165, 1.54) is 0 Å². The van der Waals surface area contributed by atoms with Gasteiger partial charge in [-0.2, -0.15) is 0 Å². The average molecular weight is 369 g/mol. The maximum absolute atomic E-state index is 12.1. The SMILES string of the molecule is O=C1CCCCC=CCCCC2CC(C[C@](O)([C@@H]3CSC(=O)N3)O2)O1. The van der Waals surface area contributed by atoms with Gasteiger partial charge in [0.05, 0.1) is 12.1 Å². The normalized spacial score (nSPS) is 37.9. The smallest absolute Gasteiger partial charge is 0.306 e. The predicted molar refractivity (Wildman–Crippen MR) is 95.2 cm³/mol. The first-order valence-electron chi connectivity index (χ1n) is 9.23. The Morgan fingerprint density at radius 2 is 1.96 bits per heavy atom. The van der Waals surface area contributed by atoms with Crippen molar-refractivity contribution in [1.82, 2.24) is 5.32 Å². The van der Waals surface area contributed by atoms with Crippen molar-refractivity contribution in [3.05, 3.63) is 12.2 Å². The number of hydrogen-bond acceptors (Lipinski definition) is 6. The summed E-state index contributed by atoms with van der Waals surface area (Å²) in [6.45, 7) is 0. The van der Waals surface area contributed by atoms with Crippen LogP contribution in [0.2, 0.25) is 0 Å². The highest BCUT2D eigenvalue weighted by molar-refractivity contribution is 8.14. The second-order valence-corrected chi connectivity index (χ2v) is 8.07. The van der Waals surface area contributed by atoms with Crippen molar-refractivity contribution in [1.29, 1.82) is 0 Å². The van der Waals surface area contributed by atoms with Crippen LogP contribution in [-0.4, -0.2) is 46.1 Å². The van der Waals surface area contributed by atoms with Gasteiger partial charge in [-0.05, 0) is 38.5 Å². The van der Waals surface area contributed by atoms with Gasteiger partial charge in [0, 0.05) is 25.0 Å². The lowest BCUT2D eigenvalue weighted by molar-refractivity contribution is -0.284.